The van der Waals surface area contributed by atoms with E-state index in [9.17, 15) is 4.39 Å². The highest BCUT2D eigenvalue weighted by atomic mass is 19.1. The fourth-order valence-corrected chi connectivity index (χ4v) is 1.29. The normalized spacial score (nSPS) is 9.92. The van der Waals surface area contributed by atoms with Crippen molar-refractivity contribution >= 4 is 6.08 Å². The van der Waals surface area contributed by atoms with E-state index in [0.29, 0.717) is 5.56 Å². The van der Waals surface area contributed by atoms with Crippen molar-refractivity contribution < 1.29 is 4.39 Å². The molecule has 0 aromatic heterocycles. The Morgan fingerprint density at radius 1 is 1.50 bits per heavy atom. The highest BCUT2D eigenvalue weighted by Gasteiger charge is 2.05. The summed E-state index contributed by atoms with van der Waals surface area (Å²) in [5.41, 5.74) is 2.42. The molecule has 0 amide bonds. The molecular formula is C11H12F. The fraction of sp³-hybridized carbons (Fsp3) is 0.182. The van der Waals surface area contributed by atoms with Crippen LogP contribution in [-0.2, 0) is 6.42 Å². The molecule has 0 nitrogen and oxygen atoms in total. The van der Waals surface area contributed by atoms with Gasteiger partial charge < -0.3 is 0 Å². The van der Waals surface area contributed by atoms with Crippen LogP contribution in [0, 0.1) is 12.7 Å². The van der Waals surface area contributed by atoms with Crippen molar-refractivity contribution in [3.05, 3.63) is 48.1 Å². The van der Waals surface area contributed by atoms with Crippen LogP contribution in [0.5, 0.6) is 0 Å². The van der Waals surface area contributed by atoms with Crippen LogP contribution >= 0.6 is 0 Å². The first-order chi connectivity index (χ1) is 5.70. The van der Waals surface area contributed by atoms with Gasteiger partial charge in [0.25, 0.3) is 0 Å². The van der Waals surface area contributed by atoms with Gasteiger partial charge in [0.15, 0.2) is 0 Å². The fourth-order valence-electron chi connectivity index (χ4n) is 1.29. The van der Waals surface area contributed by atoms with E-state index in [2.05, 4.69) is 13.5 Å². The number of halogens is 1. The Hall–Kier alpha value is -1.11. The van der Waals surface area contributed by atoms with Gasteiger partial charge in [-0.15, -0.1) is 0 Å². The van der Waals surface area contributed by atoms with Crippen molar-refractivity contribution in [3.63, 3.8) is 0 Å². The van der Waals surface area contributed by atoms with Crippen LogP contribution in [0.2, 0.25) is 0 Å². The summed E-state index contributed by atoms with van der Waals surface area (Å²) in [6.45, 7) is 9.32. The Bertz CT molecular complexity index is 300. The second-order valence-corrected chi connectivity index (χ2v) is 2.65. The molecule has 0 unspecified atom stereocenters. The van der Waals surface area contributed by atoms with Crippen molar-refractivity contribution in [1.29, 1.82) is 0 Å². The van der Waals surface area contributed by atoms with Crippen LogP contribution in [0.15, 0.2) is 18.7 Å². The van der Waals surface area contributed by atoms with Crippen LogP contribution in [0.1, 0.15) is 23.6 Å². The first-order valence-corrected chi connectivity index (χ1v) is 3.96. The van der Waals surface area contributed by atoms with E-state index >= 15 is 0 Å². The molecule has 0 N–H and O–H groups in total. The van der Waals surface area contributed by atoms with Crippen LogP contribution in [-0.4, -0.2) is 0 Å². The topological polar surface area (TPSA) is 0 Å². The summed E-state index contributed by atoms with van der Waals surface area (Å²) < 4.78 is 13.0. The highest BCUT2D eigenvalue weighted by Crippen LogP contribution is 2.18. The van der Waals surface area contributed by atoms with Crippen molar-refractivity contribution in [2.45, 2.75) is 13.3 Å². The highest BCUT2D eigenvalue weighted by molar-refractivity contribution is 5.55. The number of rotatable bonds is 2. The summed E-state index contributed by atoms with van der Waals surface area (Å²) in [7, 11) is 0. The molecular weight excluding hydrogens is 151 g/mol. The summed E-state index contributed by atoms with van der Waals surface area (Å²) >= 11 is 0. The Labute approximate surface area is 72.7 Å². The van der Waals surface area contributed by atoms with Gasteiger partial charge in [-0.3, -0.25) is 0 Å². The lowest BCUT2D eigenvalue weighted by atomic mass is 9.99. The average molecular weight is 163 g/mol. The van der Waals surface area contributed by atoms with Gasteiger partial charge in [-0.25, -0.2) is 4.39 Å². The third-order valence-electron chi connectivity index (χ3n) is 1.98. The van der Waals surface area contributed by atoms with E-state index < -0.39 is 0 Å². The summed E-state index contributed by atoms with van der Waals surface area (Å²) in [6, 6.07) is 3.16. The van der Waals surface area contributed by atoms with E-state index in [1.54, 1.807) is 12.1 Å². The molecule has 1 aromatic rings. The smallest absolute Gasteiger partial charge is 0.126 e. The Morgan fingerprint density at radius 3 is 2.67 bits per heavy atom. The Balaban J connectivity index is 3.35. The number of hydrogen-bond donors (Lipinski definition) is 0. The molecule has 1 heteroatoms. The zero-order valence-electron chi connectivity index (χ0n) is 7.23. The minimum atomic E-state index is -0.238. The van der Waals surface area contributed by atoms with Gasteiger partial charge in [-0.1, -0.05) is 25.6 Å². The van der Waals surface area contributed by atoms with Gasteiger partial charge in [0.05, 0.1) is 0 Å². The van der Waals surface area contributed by atoms with Gasteiger partial charge in [0.1, 0.15) is 5.82 Å². The minimum absolute atomic E-state index is 0.238. The van der Waals surface area contributed by atoms with Gasteiger partial charge in [-0.2, -0.15) is 0 Å². The van der Waals surface area contributed by atoms with Crippen molar-refractivity contribution in [3.8, 4) is 0 Å². The van der Waals surface area contributed by atoms with E-state index in [0.717, 1.165) is 17.5 Å². The average Bonchev–Trinajstić information content (AvgIpc) is 2.09. The lowest BCUT2D eigenvalue weighted by molar-refractivity contribution is 0.620. The van der Waals surface area contributed by atoms with E-state index in [1.807, 2.05) is 6.92 Å². The van der Waals surface area contributed by atoms with Crippen LogP contribution in [0.25, 0.3) is 6.08 Å². The molecule has 0 spiro atoms. The third-order valence-corrected chi connectivity index (χ3v) is 1.98. The van der Waals surface area contributed by atoms with Gasteiger partial charge >= 0.3 is 0 Å². The summed E-state index contributed by atoms with van der Waals surface area (Å²) in [5, 5.41) is 0. The molecule has 0 bridgehead atoms. The minimum Gasteiger partial charge on any atom is -0.207 e. The predicted octanol–water partition coefficient (Wildman–Crippen LogP) is 3.21. The molecule has 1 aromatic carbocycles. The monoisotopic (exact) mass is 163 g/mol. The van der Waals surface area contributed by atoms with Crippen LogP contribution in [0.3, 0.4) is 0 Å². The predicted molar refractivity (Wildman–Crippen MR) is 50.3 cm³/mol. The maximum Gasteiger partial charge on any atom is 0.126 e. The number of benzene rings is 1. The second-order valence-electron chi connectivity index (χ2n) is 2.65. The van der Waals surface area contributed by atoms with Gasteiger partial charge in [-0.05, 0) is 36.1 Å². The maximum atomic E-state index is 13.0. The van der Waals surface area contributed by atoms with Crippen LogP contribution < -0.4 is 0 Å². The molecule has 1 rings (SSSR count). The quantitative estimate of drug-likeness (QED) is 0.628. The summed E-state index contributed by atoms with van der Waals surface area (Å²) in [5.74, 6) is -0.238. The molecule has 63 valence electrons. The third kappa shape index (κ3) is 1.40. The van der Waals surface area contributed by atoms with Crippen molar-refractivity contribution in [2.75, 3.05) is 0 Å². The van der Waals surface area contributed by atoms with Crippen LogP contribution in [0.4, 0.5) is 4.39 Å². The Kier molecular flexibility index (Phi) is 2.64. The first-order valence-electron chi connectivity index (χ1n) is 3.96. The van der Waals surface area contributed by atoms with Gasteiger partial charge in [0.2, 0.25) is 0 Å². The lowest BCUT2D eigenvalue weighted by Crippen LogP contribution is -1.94. The SMILES string of the molecule is [CH2]c1c(F)ccc(C=C)c1CC. The largest absolute Gasteiger partial charge is 0.207 e. The van der Waals surface area contributed by atoms with Crippen molar-refractivity contribution in [1.82, 2.24) is 0 Å². The van der Waals surface area contributed by atoms with E-state index in [-0.39, 0.29) is 5.82 Å². The molecule has 0 atom stereocenters. The standard InChI is InChI=1S/C11H12F/c1-4-9-6-7-11(12)8(3)10(9)5-2/h4,6-7H,1,3,5H2,2H3. The summed E-state index contributed by atoms with van der Waals surface area (Å²) in [4.78, 5) is 0. The van der Waals surface area contributed by atoms with E-state index in [4.69, 9.17) is 0 Å². The zero-order valence-corrected chi connectivity index (χ0v) is 7.23. The van der Waals surface area contributed by atoms with Gasteiger partial charge in [0, 0.05) is 0 Å². The Morgan fingerprint density at radius 2 is 2.17 bits per heavy atom. The van der Waals surface area contributed by atoms with Crippen molar-refractivity contribution in [2.24, 2.45) is 0 Å². The summed E-state index contributed by atoms with van der Waals surface area (Å²) in [6.07, 6.45) is 2.52. The molecule has 0 aliphatic heterocycles. The molecule has 0 saturated heterocycles. The lowest BCUT2D eigenvalue weighted by Gasteiger charge is -2.07. The molecule has 12 heavy (non-hydrogen) atoms. The molecule has 0 saturated carbocycles. The number of hydrogen-bond acceptors (Lipinski definition) is 0. The molecule has 0 fully saturated rings. The zero-order chi connectivity index (χ0) is 9.14. The first kappa shape index (κ1) is 8.98. The molecule has 0 heterocycles. The molecule has 0 aliphatic rings. The molecule has 0 aliphatic carbocycles. The van der Waals surface area contributed by atoms with E-state index in [1.165, 1.54) is 6.07 Å². The maximum absolute atomic E-state index is 13.0. The molecule has 1 radical (unpaired) electrons. The second kappa shape index (κ2) is 3.53.